The first kappa shape index (κ1) is 14.6. The van der Waals surface area contributed by atoms with Crippen LogP contribution in [0.4, 0.5) is 0 Å². The van der Waals surface area contributed by atoms with Crippen molar-refractivity contribution in [3.63, 3.8) is 0 Å². The molecule has 0 amide bonds. The number of rotatable bonds is 5. The van der Waals surface area contributed by atoms with Crippen LogP contribution in [-0.2, 0) is 11.2 Å². The number of halogens is 2. The summed E-state index contributed by atoms with van der Waals surface area (Å²) in [4.78, 5) is 13.1. The average Bonchev–Trinajstić information content (AvgIpc) is 2.81. The Hall–Kier alpha value is -0.770. The maximum Gasteiger partial charge on any atom is 0.320 e. The van der Waals surface area contributed by atoms with E-state index >= 15 is 0 Å². The number of carboxylic acid groups (broad SMARTS) is 1. The fraction of sp³-hybridized carbons (Fsp3) is 0.500. The van der Waals surface area contributed by atoms with Gasteiger partial charge in [0.2, 0.25) is 0 Å². The second-order valence-electron chi connectivity index (χ2n) is 4.84. The molecule has 104 valence electrons. The van der Waals surface area contributed by atoms with Crippen LogP contribution in [0, 0.1) is 0 Å². The fourth-order valence-electron chi connectivity index (χ4n) is 2.60. The molecule has 0 spiro atoms. The normalized spacial score (nSPS) is 19.8. The summed E-state index contributed by atoms with van der Waals surface area (Å²) in [6, 6.07) is 5.17. The molecule has 1 atom stereocenters. The molecule has 1 N–H and O–H groups in total. The highest BCUT2D eigenvalue weighted by Crippen LogP contribution is 2.26. The zero-order chi connectivity index (χ0) is 13.8. The van der Waals surface area contributed by atoms with Gasteiger partial charge < -0.3 is 5.11 Å². The fourth-order valence-corrected chi connectivity index (χ4v) is 3.19. The Labute approximate surface area is 123 Å². The van der Waals surface area contributed by atoms with Gasteiger partial charge in [-0.05, 0) is 56.5 Å². The van der Waals surface area contributed by atoms with Gasteiger partial charge in [0.05, 0.1) is 0 Å². The van der Waals surface area contributed by atoms with Crippen LogP contribution in [0.2, 0.25) is 10.0 Å². The Balaban J connectivity index is 1.88. The second kappa shape index (κ2) is 6.60. The molecule has 0 unspecified atom stereocenters. The minimum atomic E-state index is -0.715. The summed E-state index contributed by atoms with van der Waals surface area (Å²) in [7, 11) is 0. The molecule has 0 aromatic heterocycles. The molecule has 0 saturated carbocycles. The smallest absolute Gasteiger partial charge is 0.320 e. The Morgan fingerprint density at radius 1 is 1.37 bits per heavy atom. The molecule has 1 heterocycles. The topological polar surface area (TPSA) is 40.5 Å². The maximum absolute atomic E-state index is 11.1. The van der Waals surface area contributed by atoms with Gasteiger partial charge in [-0.15, -0.1) is 0 Å². The van der Waals surface area contributed by atoms with Crippen molar-refractivity contribution in [2.24, 2.45) is 0 Å². The largest absolute Gasteiger partial charge is 0.480 e. The van der Waals surface area contributed by atoms with E-state index in [1.54, 1.807) is 0 Å². The Kier molecular flexibility index (Phi) is 5.08. The van der Waals surface area contributed by atoms with Gasteiger partial charge in [0.15, 0.2) is 0 Å². The van der Waals surface area contributed by atoms with E-state index in [0.29, 0.717) is 10.0 Å². The lowest BCUT2D eigenvalue weighted by atomic mass is 10.1. The van der Waals surface area contributed by atoms with Gasteiger partial charge in [0, 0.05) is 10.0 Å². The number of likely N-dealkylation sites (tertiary alicyclic amines) is 1. The molecular weight excluding hydrogens is 285 g/mol. The van der Waals surface area contributed by atoms with Crippen LogP contribution in [-0.4, -0.2) is 35.1 Å². The van der Waals surface area contributed by atoms with Gasteiger partial charge >= 0.3 is 5.97 Å². The summed E-state index contributed by atoms with van der Waals surface area (Å²) in [6.07, 6.45) is 3.36. The molecule has 1 fully saturated rings. The van der Waals surface area contributed by atoms with E-state index in [4.69, 9.17) is 28.3 Å². The first-order valence-electron chi connectivity index (χ1n) is 6.49. The van der Waals surface area contributed by atoms with Crippen molar-refractivity contribution in [1.82, 2.24) is 4.90 Å². The Morgan fingerprint density at radius 2 is 2.05 bits per heavy atom. The average molecular weight is 302 g/mol. The van der Waals surface area contributed by atoms with Crippen molar-refractivity contribution >= 4 is 29.2 Å². The number of hydrogen-bond acceptors (Lipinski definition) is 2. The highest BCUT2D eigenvalue weighted by Gasteiger charge is 2.29. The zero-order valence-corrected chi connectivity index (χ0v) is 12.1. The predicted molar refractivity (Wildman–Crippen MR) is 77.0 cm³/mol. The quantitative estimate of drug-likeness (QED) is 0.905. The first-order valence-corrected chi connectivity index (χ1v) is 7.25. The number of hydrogen-bond donors (Lipinski definition) is 1. The molecule has 0 radical (unpaired) electrons. The molecule has 1 saturated heterocycles. The maximum atomic E-state index is 11.1. The second-order valence-corrected chi connectivity index (χ2v) is 5.65. The van der Waals surface area contributed by atoms with Crippen LogP contribution in [0.1, 0.15) is 24.8 Å². The third-order valence-electron chi connectivity index (χ3n) is 3.58. The van der Waals surface area contributed by atoms with E-state index in [1.807, 2.05) is 23.1 Å². The third-order valence-corrected chi connectivity index (χ3v) is 4.29. The summed E-state index contributed by atoms with van der Waals surface area (Å²) in [6.45, 7) is 1.64. The number of benzene rings is 1. The van der Waals surface area contributed by atoms with Crippen molar-refractivity contribution < 1.29 is 9.90 Å². The van der Waals surface area contributed by atoms with Crippen LogP contribution in [0.5, 0.6) is 0 Å². The number of carbonyl (C=O) groups is 1. The summed E-state index contributed by atoms with van der Waals surface area (Å²) in [5, 5.41) is 10.5. The minimum absolute atomic E-state index is 0.318. The van der Waals surface area contributed by atoms with Crippen LogP contribution >= 0.6 is 23.2 Å². The minimum Gasteiger partial charge on any atom is -0.480 e. The molecule has 3 nitrogen and oxygen atoms in total. The van der Waals surface area contributed by atoms with E-state index in [0.717, 1.165) is 44.3 Å². The van der Waals surface area contributed by atoms with E-state index < -0.39 is 5.97 Å². The lowest BCUT2D eigenvalue weighted by Crippen LogP contribution is -2.36. The van der Waals surface area contributed by atoms with Crippen molar-refractivity contribution in [3.05, 3.63) is 33.8 Å². The SMILES string of the molecule is O=C(O)[C@H]1CCCN1CCCc1c(Cl)cccc1Cl. The molecule has 0 aliphatic carbocycles. The molecule has 2 rings (SSSR count). The summed E-state index contributed by atoms with van der Waals surface area (Å²) in [5.41, 5.74) is 0.955. The van der Waals surface area contributed by atoms with Gasteiger partial charge in [-0.1, -0.05) is 29.3 Å². The van der Waals surface area contributed by atoms with Crippen LogP contribution < -0.4 is 0 Å². The molecule has 1 aromatic rings. The first-order chi connectivity index (χ1) is 9.09. The molecule has 19 heavy (non-hydrogen) atoms. The molecular formula is C14H17Cl2NO2. The zero-order valence-electron chi connectivity index (χ0n) is 10.6. The van der Waals surface area contributed by atoms with E-state index in [9.17, 15) is 4.79 Å². The van der Waals surface area contributed by atoms with E-state index in [1.165, 1.54) is 0 Å². The van der Waals surface area contributed by atoms with Crippen molar-refractivity contribution in [1.29, 1.82) is 0 Å². The van der Waals surface area contributed by atoms with Crippen molar-refractivity contribution in [2.75, 3.05) is 13.1 Å². The van der Waals surface area contributed by atoms with Crippen LogP contribution in [0.25, 0.3) is 0 Å². The van der Waals surface area contributed by atoms with Gasteiger partial charge in [0.25, 0.3) is 0 Å². The molecule has 1 aliphatic heterocycles. The molecule has 0 bridgehead atoms. The third kappa shape index (κ3) is 3.62. The predicted octanol–water partition coefficient (Wildman–Crippen LogP) is 3.48. The number of aliphatic carboxylic acids is 1. The highest BCUT2D eigenvalue weighted by atomic mass is 35.5. The Morgan fingerprint density at radius 3 is 2.68 bits per heavy atom. The van der Waals surface area contributed by atoms with Crippen LogP contribution in [0.3, 0.4) is 0 Å². The van der Waals surface area contributed by atoms with Gasteiger partial charge in [-0.3, -0.25) is 9.69 Å². The standard InChI is InChI=1S/C14H17Cl2NO2/c15-11-5-1-6-12(16)10(11)4-2-8-17-9-3-7-13(17)14(18)19/h1,5-6,13H,2-4,7-9H2,(H,18,19)/t13-/m1/s1. The van der Waals surface area contributed by atoms with Crippen LogP contribution in [0.15, 0.2) is 18.2 Å². The van der Waals surface area contributed by atoms with Gasteiger partial charge in [0.1, 0.15) is 6.04 Å². The van der Waals surface area contributed by atoms with Crippen molar-refractivity contribution in [3.8, 4) is 0 Å². The van der Waals surface area contributed by atoms with E-state index in [2.05, 4.69) is 0 Å². The number of nitrogens with zero attached hydrogens (tertiary/aromatic N) is 1. The summed E-state index contributed by atoms with van der Waals surface area (Å²) in [5.74, 6) is -0.715. The monoisotopic (exact) mass is 301 g/mol. The molecule has 1 aliphatic rings. The summed E-state index contributed by atoms with van der Waals surface area (Å²) >= 11 is 12.2. The van der Waals surface area contributed by atoms with Gasteiger partial charge in [-0.2, -0.15) is 0 Å². The van der Waals surface area contributed by atoms with E-state index in [-0.39, 0.29) is 6.04 Å². The van der Waals surface area contributed by atoms with Gasteiger partial charge in [-0.25, -0.2) is 0 Å². The molecule has 5 heteroatoms. The Bertz CT molecular complexity index is 445. The summed E-state index contributed by atoms with van der Waals surface area (Å²) < 4.78 is 0. The highest BCUT2D eigenvalue weighted by molar-refractivity contribution is 6.35. The lowest BCUT2D eigenvalue weighted by Gasteiger charge is -2.20. The van der Waals surface area contributed by atoms with Crippen molar-refractivity contribution in [2.45, 2.75) is 31.7 Å². The lowest BCUT2D eigenvalue weighted by molar-refractivity contribution is -0.142. The number of carboxylic acids is 1. The molecule has 1 aromatic carbocycles.